The highest BCUT2D eigenvalue weighted by atomic mass is 19.1. The Morgan fingerprint density at radius 2 is 2.42 bits per heavy atom. The van der Waals surface area contributed by atoms with Gasteiger partial charge in [0.2, 0.25) is 6.20 Å². The minimum Gasteiger partial charge on any atom is -0.384 e. The Kier molecular flexibility index (Phi) is 2.62. The van der Waals surface area contributed by atoms with E-state index in [1.165, 1.54) is 23.0 Å². The average Bonchev–Trinajstić information content (AvgIpc) is 2.07. The summed E-state index contributed by atoms with van der Waals surface area (Å²) in [6.45, 7) is -0.267. The third-order valence-corrected chi connectivity index (χ3v) is 1.24. The highest BCUT2D eigenvalue weighted by Gasteiger charge is 2.04. The number of nitrogens with zero attached hydrogens (tertiary/aromatic N) is 1. The van der Waals surface area contributed by atoms with E-state index in [0.717, 1.165) is 0 Å². The van der Waals surface area contributed by atoms with E-state index >= 15 is 0 Å². The molecule has 0 aliphatic carbocycles. The molecule has 1 aromatic heterocycles. The maximum absolute atomic E-state index is 12.6. The summed E-state index contributed by atoms with van der Waals surface area (Å²) >= 11 is 0. The van der Waals surface area contributed by atoms with Crippen LogP contribution in [0, 0.1) is 17.7 Å². The van der Waals surface area contributed by atoms with Crippen LogP contribution in [0.25, 0.3) is 0 Å². The maximum atomic E-state index is 12.6. The molecule has 0 radical (unpaired) electrons. The zero-order valence-electron chi connectivity index (χ0n) is 6.29. The first-order valence-corrected chi connectivity index (χ1v) is 3.30. The van der Waals surface area contributed by atoms with Crippen LogP contribution in [0.5, 0.6) is 0 Å². The van der Waals surface area contributed by atoms with Gasteiger partial charge >= 0.3 is 0 Å². The number of aliphatic hydroxyl groups is 1. The van der Waals surface area contributed by atoms with Gasteiger partial charge in [-0.1, -0.05) is 10.6 Å². The van der Waals surface area contributed by atoms with Crippen molar-refractivity contribution >= 4 is 0 Å². The van der Waals surface area contributed by atoms with Gasteiger partial charge in [-0.25, -0.2) is 10.2 Å². The van der Waals surface area contributed by atoms with Crippen molar-refractivity contribution in [1.29, 1.82) is 0 Å². The lowest BCUT2D eigenvalue weighted by Crippen LogP contribution is -2.47. The van der Waals surface area contributed by atoms with Crippen molar-refractivity contribution in [3.8, 4) is 11.8 Å². The number of aliphatic hydroxyl groups excluding tert-OH is 1. The smallest absolute Gasteiger partial charge is 0.288 e. The van der Waals surface area contributed by atoms with Crippen molar-refractivity contribution in [2.75, 3.05) is 12.4 Å². The molecule has 0 aromatic carbocycles. The second-order valence-corrected chi connectivity index (χ2v) is 2.10. The van der Waals surface area contributed by atoms with E-state index in [0.29, 0.717) is 5.69 Å². The molecule has 12 heavy (non-hydrogen) atoms. The Bertz CT molecular complexity index is 341. The van der Waals surface area contributed by atoms with Crippen LogP contribution in [0.4, 0.5) is 4.39 Å². The van der Waals surface area contributed by atoms with Crippen LogP contribution in [-0.4, -0.2) is 11.7 Å². The van der Waals surface area contributed by atoms with Gasteiger partial charge in [-0.05, 0) is 0 Å². The van der Waals surface area contributed by atoms with E-state index < -0.39 is 5.82 Å². The molecule has 0 aliphatic heterocycles. The van der Waals surface area contributed by atoms with Crippen molar-refractivity contribution in [3.63, 3.8) is 0 Å². The molecule has 3 nitrogen and oxygen atoms in total. The molecule has 0 unspecified atom stereocenters. The summed E-state index contributed by atoms with van der Waals surface area (Å²) in [5, 5.41) is 8.37. The van der Waals surface area contributed by atoms with Gasteiger partial charge in [-0.3, -0.25) is 0 Å². The van der Waals surface area contributed by atoms with E-state index in [1.807, 2.05) is 0 Å². The zero-order chi connectivity index (χ0) is 8.97. The summed E-state index contributed by atoms with van der Waals surface area (Å²) in [6.07, 6.45) is 1.36. The van der Waals surface area contributed by atoms with Gasteiger partial charge in [-0.15, -0.1) is 0 Å². The number of pyridine rings is 1. The number of halogens is 1. The molecule has 0 aliphatic rings. The van der Waals surface area contributed by atoms with Crippen molar-refractivity contribution in [2.24, 2.45) is 0 Å². The number of nitrogens with two attached hydrogens (primary N) is 1. The van der Waals surface area contributed by atoms with E-state index in [-0.39, 0.29) is 6.61 Å². The number of hydrogen-bond acceptors (Lipinski definition) is 2. The number of aromatic nitrogens is 1. The fourth-order valence-electron chi connectivity index (χ4n) is 0.716. The first-order valence-electron chi connectivity index (χ1n) is 3.30. The summed E-state index contributed by atoms with van der Waals surface area (Å²) in [6, 6.07) is 2.42. The normalized spacial score (nSPS) is 8.83. The van der Waals surface area contributed by atoms with E-state index in [9.17, 15) is 4.39 Å². The summed E-state index contributed by atoms with van der Waals surface area (Å²) in [4.78, 5) is 0. The van der Waals surface area contributed by atoms with Crippen LogP contribution in [0.3, 0.4) is 0 Å². The molecule has 0 atom stereocenters. The van der Waals surface area contributed by atoms with Gasteiger partial charge in [0.1, 0.15) is 12.4 Å². The zero-order valence-corrected chi connectivity index (χ0v) is 6.29. The molecule has 0 fully saturated rings. The molecule has 1 heterocycles. The largest absolute Gasteiger partial charge is 0.384 e. The van der Waals surface area contributed by atoms with E-state index in [4.69, 9.17) is 10.9 Å². The molecule has 1 rings (SSSR count). The highest BCUT2D eigenvalue weighted by molar-refractivity contribution is 5.23. The maximum Gasteiger partial charge on any atom is 0.288 e. The molecular formula is C8H8FN2O+. The Morgan fingerprint density at radius 3 is 3.08 bits per heavy atom. The lowest BCUT2D eigenvalue weighted by atomic mass is 10.3. The van der Waals surface area contributed by atoms with Gasteiger partial charge in [0.15, 0.2) is 0 Å². The third-order valence-electron chi connectivity index (χ3n) is 1.24. The lowest BCUT2D eigenvalue weighted by molar-refractivity contribution is -0.641. The minimum atomic E-state index is -0.404. The SMILES string of the molecule is N[n+]1ccc(F)cc1C#CCO. The number of rotatable bonds is 0. The monoisotopic (exact) mass is 167 g/mol. The molecule has 4 heteroatoms. The summed E-state index contributed by atoms with van der Waals surface area (Å²) in [5.41, 5.74) is 0.323. The lowest BCUT2D eigenvalue weighted by Gasteiger charge is -1.88. The van der Waals surface area contributed by atoms with Crippen molar-refractivity contribution in [3.05, 3.63) is 29.8 Å². The highest BCUT2D eigenvalue weighted by Crippen LogP contribution is 1.94. The van der Waals surface area contributed by atoms with Crippen molar-refractivity contribution in [1.82, 2.24) is 0 Å². The van der Waals surface area contributed by atoms with Crippen LogP contribution in [0.2, 0.25) is 0 Å². The first kappa shape index (κ1) is 8.50. The van der Waals surface area contributed by atoms with Gasteiger partial charge in [0, 0.05) is 12.0 Å². The molecule has 0 saturated carbocycles. The molecule has 0 bridgehead atoms. The Hall–Kier alpha value is -1.60. The molecule has 0 amide bonds. The van der Waals surface area contributed by atoms with Gasteiger partial charge < -0.3 is 5.11 Å². The van der Waals surface area contributed by atoms with Crippen molar-refractivity contribution < 1.29 is 14.2 Å². The standard InChI is InChI=1S/C8H8FN2O/c9-7-3-4-11(10)8(6-7)2-1-5-12/h3-4,6,12H,5,10H2/q+1. The Morgan fingerprint density at radius 1 is 1.67 bits per heavy atom. The van der Waals surface area contributed by atoms with Crippen molar-refractivity contribution in [2.45, 2.75) is 0 Å². The van der Waals surface area contributed by atoms with Gasteiger partial charge in [0.25, 0.3) is 5.69 Å². The minimum absolute atomic E-state index is 0.267. The molecule has 0 spiro atoms. The Balaban J connectivity index is 3.05. The second-order valence-electron chi connectivity index (χ2n) is 2.10. The quantitative estimate of drug-likeness (QED) is 0.301. The van der Waals surface area contributed by atoms with Crippen LogP contribution < -0.4 is 10.5 Å². The fourth-order valence-corrected chi connectivity index (χ4v) is 0.716. The molecule has 3 N–H and O–H groups in total. The van der Waals surface area contributed by atoms with Crippen LogP contribution in [0.15, 0.2) is 18.3 Å². The van der Waals surface area contributed by atoms with Crippen LogP contribution >= 0.6 is 0 Å². The second kappa shape index (κ2) is 3.69. The first-order chi connectivity index (χ1) is 5.74. The molecular weight excluding hydrogens is 159 g/mol. The van der Waals surface area contributed by atoms with Gasteiger partial charge in [-0.2, -0.15) is 0 Å². The molecule has 62 valence electrons. The fraction of sp³-hybridized carbons (Fsp3) is 0.125. The van der Waals surface area contributed by atoms with Gasteiger partial charge in [0.05, 0.1) is 6.07 Å². The van der Waals surface area contributed by atoms with Crippen LogP contribution in [0.1, 0.15) is 5.69 Å². The number of nitrogen functional groups attached to an aromatic ring is 1. The molecule has 0 saturated heterocycles. The Labute approximate surface area is 69.2 Å². The molecule has 1 aromatic rings. The third kappa shape index (κ3) is 1.94. The summed E-state index contributed by atoms with van der Waals surface area (Å²) in [5.74, 6) is 9.86. The summed E-state index contributed by atoms with van der Waals surface area (Å²) < 4.78 is 13.8. The summed E-state index contributed by atoms with van der Waals surface area (Å²) in [7, 11) is 0. The van der Waals surface area contributed by atoms with E-state index in [1.54, 1.807) is 0 Å². The number of hydrogen-bond donors (Lipinski definition) is 2. The predicted octanol–water partition coefficient (Wildman–Crippen LogP) is -0.829. The van der Waals surface area contributed by atoms with Crippen LogP contribution in [-0.2, 0) is 0 Å². The predicted molar refractivity (Wildman–Crippen MR) is 40.7 cm³/mol. The average molecular weight is 167 g/mol. The van der Waals surface area contributed by atoms with E-state index in [2.05, 4.69) is 11.8 Å². The topological polar surface area (TPSA) is 50.1 Å².